The zero-order valence-corrected chi connectivity index (χ0v) is 10.8. The van der Waals surface area contributed by atoms with Crippen LogP contribution in [0.1, 0.15) is 6.42 Å². The van der Waals surface area contributed by atoms with Crippen molar-refractivity contribution in [3.8, 4) is 6.07 Å². The van der Waals surface area contributed by atoms with Crippen molar-refractivity contribution in [3.63, 3.8) is 0 Å². The number of hydrogen-bond donors (Lipinski definition) is 0. The van der Waals surface area contributed by atoms with Crippen LogP contribution in [0.3, 0.4) is 0 Å². The second-order valence-corrected chi connectivity index (χ2v) is 4.56. The Labute approximate surface area is 100.0 Å². The third-order valence-electron chi connectivity index (χ3n) is 1.71. The molecule has 5 heteroatoms. The Morgan fingerprint density at radius 3 is 2.86 bits per heavy atom. The van der Waals surface area contributed by atoms with E-state index in [2.05, 4.69) is 42.9 Å². The molecule has 1 rings (SSSR count). The van der Waals surface area contributed by atoms with Crippen LogP contribution in [0.4, 0.5) is 5.82 Å². The van der Waals surface area contributed by atoms with Crippen molar-refractivity contribution in [1.82, 2.24) is 4.98 Å². The molecule has 1 aromatic heterocycles. The van der Waals surface area contributed by atoms with Gasteiger partial charge in [0.1, 0.15) is 5.82 Å². The predicted octanol–water partition coefficient (Wildman–Crippen LogP) is 2.96. The van der Waals surface area contributed by atoms with E-state index in [9.17, 15) is 0 Å². The molecule has 0 aliphatic carbocycles. The number of aromatic nitrogens is 1. The summed E-state index contributed by atoms with van der Waals surface area (Å²) in [5.74, 6) is 0.850. The Morgan fingerprint density at radius 2 is 2.29 bits per heavy atom. The number of nitrogens with zero attached hydrogens (tertiary/aromatic N) is 3. The van der Waals surface area contributed by atoms with Gasteiger partial charge in [-0.2, -0.15) is 5.26 Å². The molecule has 0 unspecified atom stereocenters. The number of rotatable bonds is 3. The Kier molecular flexibility index (Phi) is 4.36. The van der Waals surface area contributed by atoms with Gasteiger partial charge in [-0.15, -0.1) is 0 Å². The maximum Gasteiger partial charge on any atom is 0.142 e. The maximum atomic E-state index is 8.46. The summed E-state index contributed by atoms with van der Waals surface area (Å²) in [7, 11) is 1.92. The van der Waals surface area contributed by atoms with Crippen LogP contribution in [-0.2, 0) is 0 Å². The fraction of sp³-hybridized carbons (Fsp3) is 0.333. The number of pyridine rings is 1. The summed E-state index contributed by atoms with van der Waals surface area (Å²) < 4.78 is 1.86. The van der Waals surface area contributed by atoms with E-state index in [4.69, 9.17) is 5.26 Å². The third kappa shape index (κ3) is 2.96. The summed E-state index contributed by atoms with van der Waals surface area (Å²) in [5, 5.41) is 8.46. The Bertz CT molecular complexity index is 360. The van der Waals surface area contributed by atoms with Crippen LogP contribution in [0.5, 0.6) is 0 Å². The van der Waals surface area contributed by atoms with Crippen LogP contribution < -0.4 is 4.90 Å². The predicted molar refractivity (Wildman–Crippen MR) is 63.1 cm³/mol. The smallest absolute Gasteiger partial charge is 0.142 e. The van der Waals surface area contributed by atoms with Crippen molar-refractivity contribution in [1.29, 1.82) is 5.26 Å². The molecule has 1 heterocycles. The van der Waals surface area contributed by atoms with Crippen molar-refractivity contribution in [2.75, 3.05) is 18.5 Å². The lowest BCUT2D eigenvalue weighted by Gasteiger charge is -2.17. The first kappa shape index (κ1) is 11.5. The summed E-state index contributed by atoms with van der Waals surface area (Å²) in [6.45, 7) is 0.684. The fourth-order valence-corrected chi connectivity index (χ4v) is 2.30. The van der Waals surface area contributed by atoms with Crippen molar-refractivity contribution in [3.05, 3.63) is 21.2 Å². The highest BCUT2D eigenvalue weighted by molar-refractivity contribution is 9.11. The average Bonchev–Trinajstić information content (AvgIpc) is 2.14. The van der Waals surface area contributed by atoms with Gasteiger partial charge in [0.2, 0.25) is 0 Å². The number of hydrogen-bond acceptors (Lipinski definition) is 3. The largest absolute Gasteiger partial charge is 0.358 e. The van der Waals surface area contributed by atoms with E-state index in [1.54, 1.807) is 6.20 Å². The molecule has 0 bridgehead atoms. The third-order valence-corrected chi connectivity index (χ3v) is 2.73. The molecule has 0 N–H and O–H groups in total. The van der Waals surface area contributed by atoms with Crippen LogP contribution in [0.15, 0.2) is 21.2 Å². The van der Waals surface area contributed by atoms with Crippen LogP contribution in [0.2, 0.25) is 0 Å². The van der Waals surface area contributed by atoms with Gasteiger partial charge in [0.25, 0.3) is 0 Å². The van der Waals surface area contributed by atoms with E-state index in [1.807, 2.05) is 18.0 Å². The SMILES string of the molecule is CN(CCC#N)c1ncc(Br)cc1Br. The highest BCUT2D eigenvalue weighted by Gasteiger charge is 2.06. The minimum absolute atomic E-state index is 0.501. The number of anilines is 1. The molecule has 0 atom stereocenters. The van der Waals surface area contributed by atoms with E-state index >= 15 is 0 Å². The molecule has 14 heavy (non-hydrogen) atoms. The van der Waals surface area contributed by atoms with Crippen molar-refractivity contribution in [2.45, 2.75) is 6.42 Å². The van der Waals surface area contributed by atoms with Crippen LogP contribution in [0, 0.1) is 11.3 Å². The molecule has 1 aromatic rings. The molecule has 3 nitrogen and oxygen atoms in total. The zero-order chi connectivity index (χ0) is 10.6. The first-order valence-electron chi connectivity index (χ1n) is 4.04. The van der Waals surface area contributed by atoms with Crippen LogP contribution in [0.25, 0.3) is 0 Å². The Balaban J connectivity index is 2.80. The number of nitriles is 1. The minimum Gasteiger partial charge on any atom is -0.358 e. The lowest BCUT2D eigenvalue weighted by molar-refractivity contribution is 0.881. The molecule has 0 amide bonds. The van der Waals surface area contributed by atoms with Gasteiger partial charge < -0.3 is 4.90 Å². The van der Waals surface area contributed by atoms with Crippen LogP contribution >= 0.6 is 31.9 Å². The summed E-state index contributed by atoms with van der Waals surface area (Å²) >= 11 is 6.76. The summed E-state index contributed by atoms with van der Waals surface area (Å²) in [6.07, 6.45) is 2.24. The summed E-state index contributed by atoms with van der Waals surface area (Å²) in [6, 6.07) is 4.04. The summed E-state index contributed by atoms with van der Waals surface area (Å²) in [4.78, 5) is 6.20. The monoisotopic (exact) mass is 317 g/mol. The van der Waals surface area contributed by atoms with Gasteiger partial charge >= 0.3 is 0 Å². The van der Waals surface area contributed by atoms with E-state index in [0.717, 1.165) is 14.8 Å². The molecule has 0 fully saturated rings. The first-order chi connectivity index (χ1) is 6.65. The Morgan fingerprint density at radius 1 is 1.57 bits per heavy atom. The lowest BCUT2D eigenvalue weighted by Crippen LogP contribution is -2.19. The number of halogens is 2. The molecule has 0 spiro atoms. The van der Waals surface area contributed by atoms with Gasteiger partial charge in [0, 0.05) is 24.3 Å². The van der Waals surface area contributed by atoms with Gasteiger partial charge in [-0.05, 0) is 37.9 Å². The molecule has 0 saturated heterocycles. The molecule has 0 saturated carbocycles. The van der Waals surface area contributed by atoms with Crippen molar-refractivity contribution < 1.29 is 0 Å². The van der Waals surface area contributed by atoms with Gasteiger partial charge in [0.05, 0.1) is 17.0 Å². The first-order valence-corrected chi connectivity index (χ1v) is 5.63. The maximum absolute atomic E-state index is 8.46. The second kappa shape index (κ2) is 5.32. The molecular formula is C9H9Br2N3. The topological polar surface area (TPSA) is 39.9 Å². The molecule has 74 valence electrons. The lowest BCUT2D eigenvalue weighted by atomic mass is 10.4. The molecular weight excluding hydrogens is 310 g/mol. The molecule has 0 aliphatic rings. The fourth-order valence-electron chi connectivity index (χ4n) is 1.01. The van der Waals surface area contributed by atoms with Gasteiger partial charge in [-0.25, -0.2) is 4.98 Å². The average molecular weight is 319 g/mol. The van der Waals surface area contributed by atoms with Crippen molar-refractivity contribution in [2.24, 2.45) is 0 Å². The molecule has 0 aliphatic heterocycles. The molecule has 0 aromatic carbocycles. The highest BCUT2D eigenvalue weighted by atomic mass is 79.9. The summed E-state index contributed by atoms with van der Waals surface area (Å²) in [5.41, 5.74) is 0. The van der Waals surface area contributed by atoms with Gasteiger partial charge in [-0.3, -0.25) is 0 Å². The normalized spacial score (nSPS) is 9.57. The second-order valence-electron chi connectivity index (χ2n) is 2.79. The van der Waals surface area contributed by atoms with Gasteiger partial charge in [0.15, 0.2) is 0 Å². The van der Waals surface area contributed by atoms with Crippen LogP contribution in [-0.4, -0.2) is 18.6 Å². The Hall–Kier alpha value is -0.600. The van der Waals surface area contributed by atoms with E-state index in [-0.39, 0.29) is 0 Å². The van der Waals surface area contributed by atoms with Crippen molar-refractivity contribution >= 4 is 37.7 Å². The van der Waals surface area contributed by atoms with Gasteiger partial charge in [-0.1, -0.05) is 0 Å². The van der Waals surface area contributed by atoms with E-state index in [0.29, 0.717) is 13.0 Å². The zero-order valence-electron chi connectivity index (χ0n) is 7.67. The highest BCUT2D eigenvalue weighted by Crippen LogP contribution is 2.25. The standard InChI is InChI=1S/C9H9Br2N3/c1-14(4-2-3-12)9-8(11)5-7(10)6-13-9/h5-6H,2,4H2,1H3. The van der Waals surface area contributed by atoms with E-state index in [1.165, 1.54) is 0 Å². The molecule has 0 radical (unpaired) electrons. The van der Waals surface area contributed by atoms with E-state index < -0.39 is 0 Å². The minimum atomic E-state index is 0.501. The quantitative estimate of drug-likeness (QED) is 0.860.